The van der Waals surface area contributed by atoms with Crippen molar-refractivity contribution in [3.63, 3.8) is 0 Å². The molecule has 1 aliphatic heterocycles. The monoisotopic (exact) mass is 475 g/mol. The number of pyridine rings is 1. The number of aromatic nitrogens is 1. The highest BCUT2D eigenvalue weighted by Gasteiger charge is 2.34. The molecule has 34 heavy (non-hydrogen) atoms. The van der Waals surface area contributed by atoms with E-state index >= 15 is 0 Å². The van der Waals surface area contributed by atoms with Gasteiger partial charge in [0.25, 0.3) is 0 Å². The van der Waals surface area contributed by atoms with E-state index in [4.69, 9.17) is 26.1 Å². The van der Waals surface area contributed by atoms with E-state index in [-0.39, 0.29) is 5.88 Å². The largest absolute Gasteiger partial charge is 0.493 e. The molecule has 5 nitrogen and oxygen atoms in total. The SMILES string of the molecule is Cc1cc2ccccc2c(-c2ccc3c4c(ccnc24)CCO3)c1C(OC(C)(C)CCl)C(=O)O. The molecular weight excluding hydrogens is 450 g/mol. The van der Waals surface area contributed by atoms with E-state index in [1.807, 2.05) is 61.7 Å². The molecule has 0 spiro atoms. The third-order valence-electron chi connectivity index (χ3n) is 6.38. The zero-order valence-corrected chi connectivity index (χ0v) is 20.1. The van der Waals surface area contributed by atoms with Crippen molar-refractivity contribution in [1.82, 2.24) is 4.98 Å². The molecule has 1 atom stereocenters. The first-order valence-electron chi connectivity index (χ1n) is 11.3. The van der Waals surface area contributed by atoms with Gasteiger partial charge in [0.2, 0.25) is 0 Å². The van der Waals surface area contributed by atoms with Crippen LogP contribution in [0.1, 0.15) is 36.6 Å². The number of alkyl halides is 1. The van der Waals surface area contributed by atoms with E-state index in [1.54, 1.807) is 13.8 Å². The Morgan fingerprint density at radius 3 is 2.79 bits per heavy atom. The van der Waals surface area contributed by atoms with Gasteiger partial charge in [0.15, 0.2) is 6.10 Å². The summed E-state index contributed by atoms with van der Waals surface area (Å²) in [4.78, 5) is 17.3. The second-order valence-electron chi connectivity index (χ2n) is 9.34. The average molecular weight is 476 g/mol. The molecular formula is C28H26ClNO4. The fraction of sp³-hybridized carbons (Fsp3) is 0.286. The van der Waals surface area contributed by atoms with Crippen molar-refractivity contribution >= 4 is 39.2 Å². The fourth-order valence-electron chi connectivity index (χ4n) is 4.82. The fourth-order valence-corrected chi connectivity index (χ4v) is 4.88. The number of hydrogen-bond acceptors (Lipinski definition) is 4. The molecule has 0 saturated heterocycles. The van der Waals surface area contributed by atoms with Crippen LogP contribution in [0.3, 0.4) is 0 Å². The molecule has 0 amide bonds. The lowest BCUT2D eigenvalue weighted by Gasteiger charge is -2.30. The average Bonchev–Trinajstić information content (AvgIpc) is 2.83. The summed E-state index contributed by atoms with van der Waals surface area (Å²) in [5.74, 6) is -0.0868. The standard InChI is InChI=1S/C28H26ClNO4/c1-16-14-18-6-4-5-7-19(18)24(22(16)26(27(31)32)34-28(2,3)15-29)20-8-9-21-23-17(11-13-33-21)10-12-30-25(20)23/h4-10,12,14,26H,11,13,15H2,1-3H3,(H,31,32). The van der Waals surface area contributed by atoms with Crippen LogP contribution >= 0.6 is 11.6 Å². The van der Waals surface area contributed by atoms with Crippen molar-refractivity contribution < 1.29 is 19.4 Å². The topological polar surface area (TPSA) is 68.7 Å². The van der Waals surface area contributed by atoms with Crippen molar-refractivity contribution in [1.29, 1.82) is 0 Å². The highest BCUT2D eigenvalue weighted by molar-refractivity contribution is 6.18. The first-order chi connectivity index (χ1) is 16.3. The molecule has 0 radical (unpaired) electrons. The van der Waals surface area contributed by atoms with Gasteiger partial charge in [-0.1, -0.05) is 30.3 Å². The first-order valence-corrected chi connectivity index (χ1v) is 11.9. The van der Waals surface area contributed by atoms with Gasteiger partial charge in [0.05, 0.1) is 23.6 Å². The number of fused-ring (bicyclic) bond motifs is 1. The summed E-state index contributed by atoms with van der Waals surface area (Å²) in [6.45, 7) is 6.16. The summed E-state index contributed by atoms with van der Waals surface area (Å²) < 4.78 is 12.1. The Kier molecular flexibility index (Phi) is 5.70. The summed E-state index contributed by atoms with van der Waals surface area (Å²) >= 11 is 6.11. The van der Waals surface area contributed by atoms with Gasteiger partial charge in [-0.05, 0) is 66.4 Å². The number of carbonyl (C=O) groups is 1. The normalized spacial score (nSPS) is 14.2. The van der Waals surface area contributed by atoms with Crippen LogP contribution in [0.5, 0.6) is 5.75 Å². The molecule has 1 unspecified atom stereocenters. The van der Waals surface area contributed by atoms with Crippen LogP contribution in [0, 0.1) is 6.92 Å². The van der Waals surface area contributed by atoms with Crippen LogP contribution in [0.25, 0.3) is 32.8 Å². The van der Waals surface area contributed by atoms with Gasteiger partial charge < -0.3 is 14.6 Å². The van der Waals surface area contributed by atoms with E-state index < -0.39 is 17.7 Å². The van der Waals surface area contributed by atoms with Crippen LogP contribution in [0.2, 0.25) is 0 Å². The van der Waals surface area contributed by atoms with Crippen LogP contribution in [-0.4, -0.2) is 34.1 Å². The Balaban J connectivity index is 1.88. The van der Waals surface area contributed by atoms with Gasteiger partial charge >= 0.3 is 5.97 Å². The van der Waals surface area contributed by atoms with Crippen LogP contribution in [-0.2, 0) is 16.0 Å². The summed E-state index contributed by atoms with van der Waals surface area (Å²) in [5.41, 5.74) is 4.28. The lowest BCUT2D eigenvalue weighted by molar-refractivity contribution is -0.160. The zero-order valence-electron chi connectivity index (χ0n) is 19.4. The molecule has 0 saturated carbocycles. The Morgan fingerprint density at radius 2 is 2.03 bits per heavy atom. The van der Waals surface area contributed by atoms with Gasteiger partial charge in [0.1, 0.15) is 5.75 Å². The van der Waals surface area contributed by atoms with E-state index in [1.165, 1.54) is 5.56 Å². The maximum atomic E-state index is 12.6. The smallest absolute Gasteiger partial charge is 0.337 e. The molecule has 5 rings (SSSR count). The molecule has 6 heteroatoms. The van der Waals surface area contributed by atoms with Gasteiger partial charge in [-0.3, -0.25) is 4.98 Å². The van der Waals surface area contributed by atoms with E-state index in [0.29, 0.717) is 12.2 Å². The minimum atomic E-state index is -1.20. The molecule has 0 fully saturated rings. The molecule has 1 aliphatic rings. The number of benzene rings is 3. The van der Waals surface area contributed by atoms with Crippen LogP contribution in [0.4, 0.5) is 0 Å². The third kappa shape index (κ3) is 3.79. The molecule has 1 aromatic heterocycles. The number of hydrogen-bond donors (Lipinski definition) is 1. The molecule has 0 bridgehead atoms. The quantitative estimate of drug-likeness (QED) is 0.324. The molecule has 2 heterocycles. The molecule has 0 aliphatic carbocycles. The Hall–Kier alpha value is -3.15. The highest BCUT2D eigenvalue weighted by atomic mass is 35.5. The summed E-state index contributed by atoms with van der Waals surface area (Å²) in [6, 6.07) is 16.0. The number of aryl methyl sites for hydroxylation is 1. The van der Waals surface area contributed by atoms with Gasteiger partial charge in [-0.2, -0.15) is 0 Å². The van der Waals surface area contributed by atoms with Crippen molar-refractivity contribution in [3.05, 3.63) is 71.4 Å². The Bertz CT molecular complexity index is 1420. The maximum Gasteiger partial charge on any atom is 0.337 e. The second kappa shape index (κ2) is 8.57. The predicted octanol–water partition coefficient (Wildman–Crippen LogP) is 6.46. The van der Waals surface area contributed by atoms with Gasteiger partial charge in [-0.15, -0.1) is 11.6 Å². The number of aliphatic carboxylic acids is 1. The Morgan fingerprint density at radius 1 is 1.24 bits per heavy atom. The molecule has 4 aromatic rings. The summed E-state index contributed by atoms with van der Waals surface area (Å²) in [5, 5.41) is 13.3. The number of nitrogens with zero attached hydrogens (tertiary/aromatic N) is 1. The van der Waals surface area contributed by atoms with Crippen molar-refractivity contribution in [2.75, 3.05) is 12.5 Å². The lowest BCUT2D eigenvalue weighted by atomic mass is 9.85. The molecule has 1 N–H and O–H groups in total. The minimum absolute atomic E-state index is 0.165. The number of rotatable bonds is 6. The van der Waals surface area contributed by atoms with Gasteiger partial charge in [0, 0.05) is 29.1 Å². The number of halogens is 1. The second-order valence-corrected chi connectivity index (χ2v) is 9.60. The van der Waals surface area contributed by atoms with E-state index in [9.17, 15) is 9.90 Å². The zero-order chi connectivity index (χ0) is 24.0. The summed E-state index contributed by atoms with van der Waals surface area (Å²) in [7, 11) is 0. The van der Waals surface area contributed by atoms with Crippen LogP contribution in [0.15, 0.2) is 54.7 Å². The lowest BCUT2D eigenvalue weighted by Crippen LogP contribution is -2.32. The van der Waals surface area contributed by atoms with Crippen molar-refractivity contribution in [2.24, 2.45) is 0 Å². The number of ether oxygens (including phenoxy) is 2. The molecule has 174 valence electrons. The van der Waals surface area contributed by atoms with Crippen molar-refractivity contribution in [3.8, 4) is 16.9 Å². The first kappa shape index (κ1) is 22.6. The Labute approximate surface area is 203 Å². The van der Waals surface area contributed by atoms with Crippen molar-refractivity contribution in [2.45, 2.75) is 38.9 Å². The van der Waals surface area contributed by atoms with Gasteiger partial charge in [-0.25, -0.2) is 4.79 Å². The number of carboxylic acids is 1. The minimum Gasteiger partial charge on any atom is -0.493 e. The van der Waals surface area contributed by atoms with E-state index in [2.05, 4.69) is 0 Å². The highest BCUT2D eigenvalue weighted by Crippen LogP contribution is 2.45. The number of carboxylic acid groups (broad SMARTS) is 1. The van der Waals surface area contributed by atoms with E-state index in [0.717, 1.165) is 50.5 Å². The molecule has 3 aromatic carbocycles. The maximum absolute atomic E-state index is 12.6. The third-order valence-corrected chi connectivity index (χ3v) is 7.02. The predicted molar refractivity (Wildman–Crippen MR) is 135 cm³/mol. The summed E-state index contributed by atoms with van der Waals surface area (Å²) in [6.07, 6.45) is 1.42. The van der Waals surface area contributed by atoms with Crippen LogP contribution < -0.4 is 4.74 Å².